The molecule has 1 aromatic heterocycles. The van der Waals surface area contributed by atoms with E-state index in [1.54, 1.807) is 48.5 Å². The fraction of sp³-hybridized carbons (Fsp3) is 0.143. The molecule has 0 aliphatic rings. The van der Waals surface area contributed by atoms with Gasteiger partial charge in [-0.3, -0.25) is 19.7 Å². The number of imide groups is 1. The second-order valence-corrected chi connectivity index (χ2v) is 6.09. The summed E-state index contributed by atoms with van der Waals surface area (Å²) >= 11 is 0. The Kier molecular flexibility index (Phi) is 5.35. The number of carbonyl (C=O) groups is 3. The minimum Gasteiger partial charge on any atom is -0.497 e. The predicted octanol–water partition coefficient (Wildman–Crippen LogP) is 3.15. The van der Waals surface area contributed by atoms with Crippen molar-refractivity contribution in [3.8, 4) is 5.75 Å². The molecule has 0 atom stereocenters. The summed E-state index contributed by atoms with van der Waals surface area (Å²) in [6.07, 6.45) is 0. The molecule has 0 spiro atoms. The maximum Gasteiger partial charge on any atom is 0.263 e. The largest absolute Gasteiger partial charge is 0.497 e. The van der Waals surface area contributed by atoms with Crippen LogP contribution >= 0.6 is 0 Å². The molecule has 28 heavy (non-hydrogen) atoms. The number of ketones is 1. The minimum atomic E-state index is -0.625. The van der Waals surface area contributed by atoms with Gasteiger partial charge in [-0.15, -0.1) is 0 Å². The lowest BCUT2D eigenvalue weighted by molar-refractivity contribution is -0.118. The third-order valence-corrected chi connectivity index (χ3v) is 3.99. The highest BCUT2D eigenvalue weighted by molar-refractivity contribution is 6.05. The van der Waals surface area contributed by atoms with Crippen LogP contribution in [0.2, 0.25) is 0 Å². The van der Waals surface area contributed by atoms with Crippen LogP contribution in [0.15, 0.2) is 57.9 Å². The predicted molar refractivity (Wildman–Crippen MR) is 103 cm³/mol. The third kappa shape index (κ3) is 4.15. The number of fused-ring (bicyclic) bond motifs is 1. The standard InChI is InChI=1S/C21H18N2O5/c1-12(24)14-4-6-16(7-5-14)23-21-18(20(26)22-13(2)25)11-15-10-17(27-3)8-9-19(15)28-21/h4-11H,1-3H3,(H,22,25,26). The second-order valence-electron chi connectivity index (χ2n) is 6.09. The van der Waals surface area contributed by atoms with E-state index >= 15 is 0 Å². The van der Waals surface area contributed by atoms with Crippen molar-refractivity contribution < 1.29 is 23.5 Å². The van der Waals surface area contributed by atoms with Crippen molar-refractivity contribution in [2.45, 2.75) is 13.8 Å². The molecule has 3 rings (SSSR count). The molecule has 0 saturated heterocycles. The van der Waals surface area contributed by atoms with Crippen molar-refractivity contribution in [2.75, 3.05) is 7.11 Å². The zero-order valence-corrected chi connectivity index (χ0v) is 15.6. The van der Waals surface area contributed by atoms with E-state index in [4.69, 9.17) is 9.15 Å². The van der Waals surface area contributed by atoms with Crippen LogP contribution in [0.5, 0.6) is 5.75 Å². The second kappa shape index (κ2) is 7.87. The van der Waals surface area contributed by atoms with Crippen LogP contribution < -0.4 is 15.6 Å². The van der Waals surface area contributed by atoms with Crippen LogP contribution in [0, 0.1) is 0 Å². The Morgan fingerprint density at radius 1 is 1.00 bits per heavy atom. The van der Waals surface area contributed by atoms with Gasteiger partial charge in [0.25, 0.3) is 5.91 Å². The molecule has 0 fully saturated rings. The maximum atomic E-state index is 12.5. The van der Waals surface area contributed by atoms with Gasteiger partial charge in [-0.1, -0.05) is 0 Å². The first-order chi connectivity index (χ1) is 13.4. The van der Waals surface area contributed by atoms with Gasteiger partial charge in [0.05, 0.1) is 12.8 Å². The normalized spacial score (nSPS) is 11.3. The van der Waals surface area contributed by atoms with Gasteiger partial charge in [-0.2, -0.15) is 0 Å². The Hall–Kier alpha value is -3.74. The molecule has 0 bridgehead atoms. The highest BCUT2D eigenvalue weighted by Crippen LogP contribution is 2.21. The molecule has 7 nitrogen and oxygen atoms in total. The molecule has 0 radical (unpaired) electrons. The molecule has 2 aromatic carbocycles. The number of nitrogens with zero attached hydrogens (tertiary/aromatic N) is 1. The van der Waals surface area contributed by atoms with E-state index in [0.717, 1.165) is 0 Å². The van der Waals surface area contributed by atoms with Crippen molar-refractivity contribution in [1.82, 2.24) is 5.32 Å². The molecule has 0 aliphatic heterocycles. The van der Waals surface area contributed by atoms with Crippen LogP contribution in [-0.2, 0) is 4.79 Å². The third-order valence-electron chi connectivity index (χ3n) is 3.99. The minimum absolute atomic E-state index is 0.0481. The van der Waals surface area contributed by atoms with Crippen LogP contribution in [0.3, 0.4) is 0 Å². The van der Waals surface area contributed by atoms with Gasteiger partial charge in [0, 0.05) is 17.9 Å². The average molecular weight is 378 g/mol. The molecular formula is C21H18N2O5. The number of nitrogens with one attached hydrogen (secondary N) is 1. The van der Waals surface area contributed by atoms with E-state index in [1.165, 1.54) is 21.0 Å². The van der Waals surface area contributed by atoms with Crippen molar-refractivity contribution in [3.05, 3.63) is 65.2 Å². The smallest absolute Gasteiger partial charge is 0.263 e. The van der Waals surface area contributed by atoms with Crippen LogP contribution in [0.25, 0.3) is 11.0 Å². The average Bonchev–Trinajstić information content (AvgIpc) is 2.67. The van der Waals surface area contributed by atoms with E-state index in [0.29, 0.717) is 28.0 Å². The Labute approximate surface area is 160 Å². The molecule has 0 unspecified atom stereocenters. The Bertz CT molecular complexity index is 1140. The number of carbonyl (C=O) groups excluding carboxylic acids is 3. The molecule has 142 valence electrons. The molecule has 1 N–H and O–H groups in total. The van der Waals surface area contributed by atoms with Crippen molar-refractivity contribution in [1.29, 1.82) is 0 Å². The summed E-state index contributed by atoms with van der Waals surface area (Å²) in [5.74, 6) is -0.574. The van der Waals surface area contributed by atoms with Crippen LogP contribution in [0.4, 0.5) is 5.69 Å². The first-order valence-electron chi connectivity index (χ1n) is 8.47. The van der Waals surface area contributed by atoms with E-state index < -0.39 is 11.8 Å². The van der Waals surface area contributed by atoms with Crippen molar-refractivity contribution in [2.24, 2.45) is 4.99 Å². The highest BCUT2D eigenvalue weighted by atomic mass is 16.5. The molecule has 3 aromatic rings. The summed E-state index contributed by atoms with van der Waals surface area (Å²) in [6.45, 7) is 2.72. The van der Waals surface area contributed by atoms with Crippen LogP contribution in [-0.4, -0.2) is 24.7 Å². The number of hydrogen-bond acceptors (Lipinski definition) is 6. The first kappa shape index (κ1) is 19.0. The number of ether oxygens (including phenoxy) is 1. The summed E-state index contributed by atoms with van der Waals surface area (Å²) in [4.78, 5) is 39.6. The number of rotatable bonds is 4. The Balaban J connectivity index is 2.18. The molecular weight excluding hydrogens is 360 g/mol. The topological polar surface area (TPSA) is 98.0 Å². The van der Waals surface area contributed by atoms with E-state index in [1.807, 2.05) is 0 Å². The highest BCUT2D eigenvalue weighted by Gasteiger charge is 2.14. The lowest BCUT2D eigenvalue weighted by Gasteiger charge is -2.06. The zero-order chi connectivity index (χ0) is 20.3. The molecule has 2 amide bonds. The fourth-order valence-electron chi connectivity index (χ4n) is 2.60. The molecule has 1 heterocycles. The number of methoxy groups -OCH3 is 1. The van der Waals surface area contributed by atoms with Gasteiger partial charge in [-0.05, 0) is 55.5 Å². The van der Waals surface area contributed by atoms with Crippen molar-refractivity contribution in [3.63, 3.8) is 0 Å². The quantitative estimate of drug-likeness (QED) is 0.703. The van der Waals surface area contributed by atoms with E-state index in [2.05, 4.69) is 10.3 Å². The SMILES string of the molecule is COc1ccc2oc(=Nc3ccc(C(C)=O)cc3)c(C(=O)NC(C)=O)cc2c1. The fourth-order valence-corrected chi connectivity index (χ4v) is 2.60. The summed E-state index contributed by atoms with van der Waals surface area (Å²) in [5, 5.41) is 2.85. The first-order valence-corrected chi connectivity index (χ1v) is 8.47. The van der Waals surface area contributed by atoms with Gasteiger partial charge in [0.15, 0.2) is 5.78 Å². The van der Waals surface area contributed by atoms with Gasteiger partial charge >= 0.3 is 0 Å². The van der Waals surface area contributed by atoms with Gasteiger partial charge in [0.1, 0.15) is 16.9 Å². The Morgan fingerprint density at radius 3 is 2.32 bits per heavy atom. The zero-order valence-electron chi connectivity index (χ0n) is 15.6. The van der Waals surface area contributed by atoms with E-state index in [9.17, 15) is 14.4 Å². The van der Waals surface area contributed by atoms with Gasteiger partial charge < -0.3 is 9.15 Å². The van der Waals surface area contributed by atoms with Gasteiger partial charge in [-0.25, -0.2) is 4.99 Å². The molecule has 7 heteroatoms. The summed E-state index contributed by atoms with van der Waals surface area (Å²) in [5.41, 5.74) is 1.70. The monoisotopic (exact) mass is 378 g/mol. The summed E-state index contributed by atoms with van der Waals surface area (Å²) < 4.78 is 11.0. The maximum absolute atomic E-state index is 12.5. The summed E-state index contributed by atoms with van der Waals surface area (Å²) in [7, 11) is 1.54. The summed E-state index contributed by atoms with van der Waals surface area (Å²) in [6, 6.07) is 13.3. The van der Waals surface area contributed by atoms with Crippen LogP contribution in [0.1, 0.15) is 34.6 Å². The number of Topliss-reactive ketones (excluding diaryl/α,β-unsaturated/α-hetero) is 1. The number of hydrogen-bond donors (Lipinski definition) is 1. The molecule has 0 aliphatic carbocycles. The lowest BCUT2D eigenvalue weighted by atomic mass is 10.1. The van der Waals surface area contributed by atoms with Gasteiger partial charge in [0.2, 0.25) is 11.5 Å². The number of benzene rings is 2. The number of amides is 2. The lowest BCUT2D eigenvalue weighted by Crippen LogP contribution is -2.32. The Morgan fingerprint density at radius 2 is 1.71 bits per heavy atom. The van der Waals surface area contributed by atoms with E-state index in [-0.39, 0.29) is 16.9 Å². The van der Waals surface area contributed by atoms with Crippen molar-refractivity contribution >= 4 is 34.3 Å². The molecule has 0 saturated carbocycles.